The first-order valence-corrected chi connectivity index (χ1v) is 9.62. The van der Waals surface area contributed by atoms with Crippen LogP contribution in [-0.2, 0) is 11.3 Å². The number of carbonyl (C=O) groups excluding carboxylic acids is 1. The predicted octanol–water partition coefficient (Wildman–Crippen LogP) is 3.33. The van der Waals surface area contributed by atoms with Gasteiger partial charge < -0.3 is 18.7 Å². The van der Waals surface area contributed by atoms with E-state index in [1.54, 1.807) is 22.0 Å². The maximum absolute atomic E-state index is 12.9. The van der Waals surface area contributed by atoms with Crippen LogP contribution in [0, 0.1) is 6.92 Å². The maximum atomic E-state index is 12.9. The highest BCUT2D eigenvalue weighted by Crippen LogP contribution is 2.32. The third-order valence-corrected chi connectivity index (χ3v) is 4.91. The van der Waals surface area contributed by atoms with Crippen molar-refractivity contribution in [2.75, 3.05) is 18.1 Å². The fraction of sp³-hybridized carbons (Fsp3) is 0.182. The number of fused-ring (bicyclic) bond motifs is 1. The van der Waals surface area contributed by atoms with Gasteiger partial charge in [-0.15, -0.1) is 0 Å². The summed E-state index contributed by atoms with van der Waals surface area (Å²) >= 11 is 0. The molecule has 1 amide bonds. The van der Waals surface area contributed by atoms with Crippen molar-refractivity contribution < 1.29 is 14.1 Å². The number of hydrogen-bond acceptors (Lipinski definition) is 6. The molecule has 8 heteroatoms. The minimum absolute atomic E-state index is 0.0350. The normalized spacial score (nSPS) is 13.0. The van der Waals surface area contributed by atoms with E-state index < -0.39 is 0 Å². The van der Waals surface area contributed by atoms with Crippen LogP contribution in [0.5, 0.6) is 5.75 Å². The van der Waals surface area contributed by atoms with Crippen LogP contribution < -0.4 is 9.64 Å². The summed E-state index contributed by atoms with van der Waals surface area (Å²) in [6.45, 7) is 3.14. The SMILES string of the molecule is Cc1ccc2c(c1)N(C(=O)Cn1cnc(-c3noc(-c4ccccc4)n3)c1)CCO2. The van der Waals surface area contributed by atoms with Gasteiger partial charge in [-0.25, -0.2) is 4.98 Å². The number of ether oxygens (including phenoxy) is 1. The lowest BCUT2D eigenvalue weighted by Gasteiger charge is -2.30. The Labute approximate surface area is 172 Å². The average molecular weight is 401 g/mol. The first kappa shape index (κ1) is 18.1. The summed E-state index contributed by atoms with van der Waals surface area (Å²) in [5.74, 6) is 1.50. The van der Waals surface area contributed by atoms with Crippen molar-refractivity contribution in [1.29, 1.82) is 0 Å². The smallest absolute Gasteiger partial charge is 0.258 e. The molecule has 1 aliphatic heterocycles. The van der Waals surface area contributed by atoms with Gasteiger partial charge in [0.15, 0.2) is 0 Å². The summed E-state index contributed by atoms with van der Waals surface area (Å²) < 4.78 is 12.7. The molecule has 0 aliphatic carbocycles. The second-order valence-corrected chi connectivity index (χ2v) is 7.09. The summed E-state index contributed by atoms with van der Waals surface area (Å²) in [5.41, 5.74) is 3.27. The van der Waals surface area contributed by atoms with Gasteiger partial charge in [0.25, 0.3) is 5.89 Å². The van der Waals surface area contributed by atoms with Crippen molar-refractivity contribution >= 4 is 11.6 Å². The van der Waals surface area contributed by atoms with Gasteiger partial charge in [0.05, 0.1) is 18.6 Å². The molecule has 5 rings (SSSR count). The van der Waals surface area contributed by atoms with E-state index in [0.717, 1.165) is 22.6 Å². The van der Waals surface area contributed by atoms with Crippen LogP contribution in [0.2, 0.25) is 0 Å². The molecule has 4 aromatic rings. The van der Waals surface area contributed by atoms with Gasteiger partial charge in [-0.2, -0.15) is 4.98 Å². The number of benzene rings is 2. The number of aromatic nitrogens is 4. The Balaban J connectivity index is 1.33. The Morgan fingerprint density at radius 2 is 2.03 bits per heavy atom. The number of anilines is 1. The molecule has 0 bridgehead atoms. The summed E-state index contributed by atoms with van der Waals surface area (Å²) in [4.78, 5) is 23.4. The molecule has 2 aromatic heterocycles. The van der Waals surface area contributed by atoms with Crippen molar-refractivity contribution in [3.8, 4) is 28.7 Å². The predicted molar refractivity (Wildman–Crippen MR) is 110 cm³/mol. The monoisotopic (exact) mass is 401 g/mol. The molecule has 150 valence electrons. The molecule has 3 heterocycles. The van der Waals surface area contributed by atoms with Crippen molar-refractivity contribution in [3.63, 3.8) is 0 Å². The Morgan fingerprint density at radius 3 is 2.90 bits per heavy atom. The molecule has 0 radical (unpaired) electrons. The number of carbonyl (C=O) groups is 1. The molecular weight excluding hydrogens is 382 g/mol. The van der Waals surface area contributed by atoms with Crippen LogP contribution in [0.3, 0.4) is 0 Å². The second kappa shape index (κ2) is 7.47. The van der Waals surface area contributed by atoms with E-state index in [2.05, 4.69) is 15.1 Å². The molecule has 0 N–H and O–H groups in total. The Morgan fingerprint density at radius 1 is 1.17 bits per heavy atom. The van der Waals surface area contributed by atoms with E-state index in [1.807, 2.05) is 55.5 Å². The molecular formula is C22H19N5O3. The lowest BCUT2D eigenvalue weighted by molar-refractivity contribution is -0.119. The van der Waals surface area contributed by atoms with E-state index in [0.29, 0.717) is 30.6 Å². The molecule has 8 nitrogen and oxygen atoms in total. The van der Waals surface area contributed by atoms with Gasteiger partial charge in [0, 0.05) is 11.8 Å². The number of aryl methyl sites for hydroxylation is 1. The van der Waals surface area contributed by atoms with Gasteiger partial charge in [-0.05, 0) is 36.8 Å². The quantitative estimate of drug-likeness (QED) is 0.521. The van der Waals surface area contributed by atoms with Crippen LogP contribution in [0.4, 0.5) is 5.69 Å². The highest BCUT2D eigenvalue weighted by atomic mass is 16.5. The second-order valence-electron chi connectivity index (χ2n) is 7.09. The van der Waals surface area contributed by atoms with Crippen LogP contribution in [0.1, 0.15) is 5.56 Å². The fourth-order valence-corrected chi connectivity index (χ4v) is 3.42. The molecule has 2 aromatic carbocycles. The van der Waals surface area contributed by atoms with E-state index in [1.165, 1.54) is 0 Å². The highest BCUT2D eigenvalue weighted by molar-refractivity contribution is 5.95. The van der Waals surface area contributed by atoms with Crippen LogP contribution in [-0.4, -0.2) is 38.8 Å². The summed E-state index contributed by atoms with van der Waals surface area (Å²) in [5, 5.41) is 4.01. The third-order valence-electron chi connectivity index (χ3n) is 4.91. The summed E-state index contributed by atoms with van der Waals surface area (Å²) in [6.07, 6.45) is 3.35. The number of nitrogens with zero attached hydrogens (tertiary/aromatic N) is 5. The fourth-order valence-electron chi connectivity index (χ4n) is 3.42. The minimum Gasteiger partial charge on any atom is -0.490 e. The Kier molecular flexibility index (Phi) is 4.51. The van der Waals surface area contributed by atoms with E-state index in [4.69, 9.17) is 9.26 Å². The molecule has 1 aliphatic rings. The largest absolute Gasteiger partial charge is 0.490 e. The maximum Gasteiger partial charge on any atom is 0.258 e. The Hall–Kier alpha value is -3.94. The van der Waals surface area contributed by atoms with Crippen molar-refractivity contribution in [2.45, 2.75) is 13.5 Å². The molecule has 0 fully saturated rings. The van der Waals surface area contributed by atoms with E-state index >= 15 is 0 Å². The molecule has 0 saturated carbocycles. The zero-order chi connectivity index (χ0) is 20.5. The number of amides is 1. The average Bonchev–Trinajstić information content (AvgIpc) is 3.43. The summed E-state index contributed by atoms with van der Waals surface area (Å²) in [7, 11) is 0. The van der Waals surface area contributed by atoms with Gasteiger partial charge in [0.2, 0.25) is 11.7 Å². The van der Waals surface area contributed by atoms with Crippen LogP contribution >= 0.6 is 0 Å². The van der Waals surface area contributed by atoms with Crippen molar-refractivity contribution in [3.05, 3.63) is 66.6 Å². The number of hydrogen-bond donors (Lipinski definition) is 0. The first-order valence-electron chi connectivity index (χ1n) is 9.62. The van der Waals surface area contributed by atoms with Crippen molar-refractivity contribution in [1.82, 2.24) is 19.7 Å². The van der Waals surface area contributed by atoms with Gasteiger partial charge in [-0.3, -0.25) is 4.79 Å². The minimum atomic E-state index is -0.0350. The van der Waals surface area contributed by atoms with Gasteiger partial charge in [0.1, 0.15) is 24.6 Å². The highest BCUT2D eigenvalue weighted by Gasteiger charge is 2.24. The standard InChI is InChI=1S/C22H19N5O3/c1-15-7-8-19-18(11-15)27(9-10-29-19)20(28)13-26-12-17(23-14-26)21-24-22(30-25-21)16-5-3-2-4-6-16/h2-8,11-12,14H,9-10,13H2,1H3. The topological polar surface area (TPSA) is 86.3 Å². The zero-order valence-corrected chi connectivity index (χ0v) is 16.4. The van der Waals surface area contributed by atoms with Gasteiger partial charge >= 0.3 is 0 Å². The molecule has 0 atom stereocenters. The van der Waals surface area contributed by atoms with Crippen molar-refractivity contribution in [2.24, 2.45) is 0 Å². The van der Waals surface area contributed by atoms with Gasteiger partial charge in [-0.1, -0.05) is 29.4 Å². The first-order chi connectivity index (χ1) is 14.7. The zero-order valence-electron chi connectivity index (χ0n) is 16.4. The summed E-state index contributed by atoms with van der Waals surface area (Å²) in [6, 6.07) is 15.4. The number of imidazole rings is 1. The molecule has 0 spiro atoms. The lowest BCUT2D eigenvalue weighted by atomic mass is 10.1. The lowest BCUT2D eigenvalue weighted by Crippen LogP contribution is -2.39. The van der Waals surface area contributed by atoms with Crippen LogP contribution in [0.25, 0.3) is 23.0 Å². The van der Waals surface area contributed by atoms with Crippen LogP contribution in [0.15, 0.2) is 65.6 Å². The molecule has 0 saturated heterocycles. The third kappa shape index (κ3) is 3.43. The number of rotatable bonds is 4. The Bertz CT molecular complexity index is 1200. The van der Waals surface area contributed by atoms with E-state index in [9.17, 15) is 4.79 Å². The molecule has 0 unspecified atom stereocenters. The molecule has 30 heavy (non-hydrogen) atoms. The van der Waals surface area contributed by atoms with E-state index in [-0.39, 0.29) is 12.5 Å².